The van der Waals surface area contributed by atoms with Crippen LogP contribution in [0.3, 0.4) is 0 Å². The smallest absolute Gasteiger partial charge is 0.324 e. The van der Waals surface area contributed by atoms with Crippen LogP contribution in [0.15, 0.2) is 47.4 Å². The van der Waals surface area contributed by atoms with Gasteiger partial charge in [0.2, 0.25) is 0 Å². The molecule has 0 aliphatic carbocycles. The lowest BCUT2D eigenvalue weighted by Gasteiger charge is -2.24. The van der Waals surface area contributed by atoms with Crippen LogP contribution in [0.1, 0.15) is 11.1 Å². The van der Waals surface area contributed by atoms with Crippen molar-refractivity contribution < 1.29 is 23.1 Å². The number of hydrogen-bond donors (Lipinski definition) is 1. The number of carbonyl (C=O) groups is 1. The van der Waals surface area contributed by atoms with Crippen molar-refractivity contribution in [2.45, 2.75) is 18.7 Å². The minimum atomic E-state index is -4.02. The molecule has 0 fully saturated rings. The average molecular weight is 349 g/mol. The number of aryl methyl sites for hydroxylation is 2. The zero-order chi connectivity index (χ0) is 17.9. The standard InChI is InChI=1S/C17H19NO5S/c1-12-6-4-5-7-15(12)18(11-17(19)20)24(21,22)14-8-9-16(23-3)13(2)10-14/h4-10H,11H2,1-3H3,(H,19,20). The Morgan fingerprint density at radius 2 is 1.79 bits per heavy atom. The third kappa shape index (κ3) is 3.51. The van der Waals surface area contributed by atoms with Crippen molar-refractivity contribution in [2.75, 3.05) is 18.0 Å². The van der Waals surface area contributed by atoms with Crippen LogP contribution < -0.4 is 9.04 Å². The van der Waals surface area contributed by atoms with Crippen LogP contribution in [0, 0.1) is 13.8 Å². The van der Waals surface area contributed by atoms with E-state index in [1.165, 1.54) is 19.2 Å². The molecule has 0 aromatic heterocycles. The molecule has 0 atom stereocenters. The van der Waals surface area contributed by atoms with E-state index in [1.54, 1.807) is 44.2 Å². The van der Waals surface area contributed by atoms with Gasteiger partial charge in [0.05, 0.1) is 17.7 Å². The molecular weight excluding hydrogens is 330 g/mol. The first-order valence-corrected chi connectivity index (χ1v) is 8.66. The van der Waals surface area contributed by atoms with E-state index in [1.807, 2.05) is 0 Å². The van der Waals surface area contributed by atoms with Crippen molar-refractivity contribution in [2.24, 2.45) is 0 Å². The normalized spacial score (nSPS) is 11.1. The van der Waals surface area contributed by atoms with Gasteiger partial charge in [-0.3, -0.25) is 9.10 Å². The van der Waals surface area contributed by atoms with E-state index in [0.29, 0.717) is 22.6 Å². The number of nitrogens with zero attached hydrogens (tertiary/aromatic N) is 1. The Morgan fingerprint density at radius 3 is 2.33 bits per heavy atom. The van der Waals surface area contributed by atoms with Crippen LogP contribution in [-0.4, -0.2) is 33.1 Å². The van der Waals surface area contributed by atoms with Gasteiger partial charge in [0.25, 0.3) is 10.0 Å². The summed E-state index contributed by atoms with van der Waals surface area (Å²) in [5, 5.41) is 9.16. The van der Waals surface area contributed by atoms with Gasteiger partial charge in [0.1, 0.15) is 12.3 Å². The fourth-order valence-corrected chi connectivity index (χ4v) is 3.97. The molecule has 24 heavy (non-hydrogen) atoms. The van der Waals surface area contributed by atoms with E-state index >= 15 is 0 Å². The molecule has 2 aromatic rings. The highest BCUT2D eigenvalue weighted by Gasteiger charge is 2.28. The molecule has 7 heteroatoms. The molecule has 0 heterocycles. The molecule has 0 radical (unpaired) electrons. The van der Waals surface area contributed by atoms with Gasteiger partial charge in [-0.25, -0.2) is 8.42 Å². The second kappa shape index (κ2) is 6.92. The number of anilines is 1. The number of carboxylic acids is 1. The maximum atomic E-state index is 13.0. The van der Waals surface area contributed by atoms with E-state index in [0.717, 1.165) is 4.31 Å². The van der Waals surface area contributed by atoms with Crippen LogP contribution in [0.25, 0.3) is 0 Å². The molecule has 0 saturated carbocycles. The van der Waals surface area contributed by atoms with Gasteiger partial charge in [-0.1, -0.05) is 18.2 Å². The molecule has 0 spiro atoms. The summed E-state index contributed by atoms with van der Waals surface area (Å²) in [4.78, 5) is 11.2. The van der Waals surface area contributed by atoms with Gasteiger partial charge in [-0.2, -0.15) is 0 Å². The Hall–Kier alpha value is -2.54. The predicted octanol–water partition coefficient (Wildman–Crippen LogP) is 2.59. The SMILES string of the molecule is COc1ccc(S(=O)(=O)N(CC(=O)O)c2ccccc2C)cc1C. The highest BCUT2D eigenvalue weighted by atomic mass is 32.2. The second-order valence-corrected chi connectivity index (χ2v) is 7.19. The Morgan fingerprint density at radius 1 is 1.12 bits per heavy atom. The topological polar surface area (TPSA) is 83.9 Å². The number of carboxylic acid groups (broad SMARTS) is 1. The molecule has 0 unspecified atom stereocenters. The molecule has 2 rings (SSSR count). The summed E-state index contributed by atoms with van der Waals surface area (Å²) in [6.07, 6.45) is 0. The predicted molar refractivity (Wildman–Crippen MR) is 91.1 cm³/mol. The minimum Gasteiger partial charge on any atom is -0.496 e. The zero-order valence-corrected chi connectivity index (χ0v) is 14.5. The highest BCUT2D eigenvalue weighted by Crippen LogP contribution is 2.29. The van der Waals surface area contributed by atoms with Crippen molar-refractivity contribution in [3.8, 4) is 5.75 Å². The average Bonchev–Trinajstić information content (AvgIpc) is 2.53. The lowest BCUT2D eigenvalue weighted by molar-refractivity contribution is -0.135. The Bertz CT molecular complexity index is 861. The van der Waals surface area contributed by atoms with Crippen molar-refractivity contribution in [3.05, 3.63) is 53.6 Å². The molecule has 0 saturated heterocycles. The molecule has 0 aliphatic heterocycles. The first-order valence-electron chi connectivity index (χ1n) is 7.22. The Balaban J connectivity index is 2.58. The number of methoxy groups -OCH3 is 1. The summed E-state index contributed by atoms with van der Waals surface area (Å²) in [5.74, 6) is -0.665. The summed E-state index contributed by atoms with van der Waals surface area (Å²) in [6.45, 7) is 2.81. The van der Waals surface area contributed by atoms with Crippen molar-refractivity contribution in [3.63, 3.8) is 0 Å². The Labute approximate surface area is 141 Å². The summed E-state index contributed by atoms with van der Waals surface area (Å²) in [7, 11) is -2.52. The van der Waals surface area contributed by atoms with Crippen molar-refractivity contribution >= 4 is 21.7 Å². The van der Waals surface area contributed by atoms with E-state index in [2.05, 4.69) is 0 Å². The van der Waals surface area contributed by atoms with Gasteiger partial charge in [0, 0.05) is 0 Å². The largest absolute Gasteiger partial charge is 0.496 e. The summed E-state index contributed by atoms with van der Waals surface area (Å²) >= 11 is 0. The molecule has 2 aromatic carbocycles. The fourth-order valence-electron chi connectivity index (χ4n) is 2.40. The lowest BCUT2D eigenvalue weighted by Crippen LogP contribution is -2.36. The zero-order valence-electron chi connectivity index (χ0n) is 13.7. The third-order valence-corrected chi connectivity index (χ3v) is 5.37. The summed E-state index contributed by atoms with van der Waals surface area (Å²) < 4.78 is 32.0. The lowest BCUT2D eigenvalue weighted by atomic mass is 10.2. The monoisotopic (exact) mass is 349 g/mol. The van der Waals surface area contributed by atoms with E-state index in [9.17, 15) is 13.2 Å². The van der Waals surface area contributed by atoms with Gasteiger partial charge in [0.15, 0.2) is 0 Å². The van der Waals surface area contributed by atoms with E-state index < -0.39 is 22.5 Å². The molecule has 6 nitrogen and oxygen atoms in total. The number of ether oxygens (including phenoxy) is 1. The molecule has 128 valence electrons. The van der Waals surface area contributed by atoms with Gasteiger partial charge in [-0.05, 0) is 49.2 Å². The van der Waals surface area contributed by atoms with Crippen LogP contribution in [0.4, 0.5) is 5.69 Å². The van der Waals surface area contributed by atoms with E-state index in [-0.39, 0.29) is 4.90 Å². The minimum absolute atomic E-state index is 0.0188. The first-order chi connectivity index (χ1) is 11.3. The molecule has 1 N–H and O–H groups in total. The number of aliphatic carboxylic acids is 1. The summed E-state index contributed by atoms with van der Waals surface area (Å²) in [6, 6.07) is 11.2. The molecular formula is C17H19NO5S. The van der Waals surface area contributed by atoms with Crippen molar-refractivity contribution in [1.82, 2.24) is 0 Å². The summed E-state index contributed by atoms with van der Waals surface area (Å²) in [5.41, 5.74) is 1.67. The van der Waals surface area contributed by atoms with E-state index in [4.69, 9.17) is 9.84 Å². The maximum absolute atomic E-state index is 13.0. The maximum Gasteiger partial charge on any atom is 0.324 e. The molecule has 0 bridgehead atoms. The van der Waals surface area contributed by atoms with Crippen LogP contribution in [0.2, 0.25) is 0 Å². The van der Waals surface area contributed by atoms with Crippen LogP contribution in [-0.2, 0) is 14.8 Å². The Kier molecular flexibility index (Phi) is 5.14. The fraction of sp³-hybridized carbons (Fsp3) is 0.235. The van der Waals surface area contributed by atoms with Gasteiger partial charge < -0.3 is 9.84 Å². The first kappa shape index (κ1) is 17.8. The molecule has 0 amide bonds. The number of rotatable bonds is 6. The van der Waals surface area contributed by atoms with Gasteiger partial charge >= 0.3 is 5.97 Å². The molecule has 0 aliphatic rings. The number of sulfonamides is 1. The number of hydrogen-bond acceptors (Lipinski definition) is 4. The van der Waals surface area contributed by atoms with Crippen LogP contribution >= 0.6 is 0 Å². The number of benzene rings is 2. The van der Waals surface area contributed by atoms with Gasteiger partial charge in [-0.15, -0.1) is 0 Å². The third-order valence-electron chi connectivity index (χ3n) is 3.62. The highest BCUT2D eigenvalue weighted by molar-refractivity contribution is 7.92. The van der Waals surface area contributed by atoms with Crippen molar-refractivity contribution in [1.29, 1.82) is 0 Å². The number of para-hydroxylation sites is 1. The second-order valence-electron chi connectivity index (χ2n) is 5.32. The van der Waals surface area contributed by atoms with Crippen LogP contribution in [0.5, 0.6) is 5.75 Å². The quantitative estimate of drug-likeness (QED) is 0.866.